The molecule has 1 atom stereocenters. The maximum Gasteiger partial charge on any atom is 0.137 e. The molecular formula is C14H17N3OS. The van der Waals surface area contributed by atoms with Crippen LogP contribution in [0, 0.1) is 0 Å². The Hall–Kier alpha value is -1.72. The number of nitrogens with two attached hydrogens (primary N) is 1. The Balaban J connectivity index is 2.44. The number of rotatable bonds is 5. The van der Waals surface area contributed by atoms with Crippen LogP contribution >= 0.6 is 12.2 Å². The Morgan fingerprint density at radius 1 is 1.47 bits per heavy atom. The maximum absolute atomic E-state index is 5.78. The molecule has 0 fully saturated rings. The smallest absolute Gasteiger partial charge is 0.137 e. The minimum atomic E-state index is 0.131. The minimum absolute atomic E-state index is 0.131. The van der Waals surface area contributed by atoms with Crippen molar-refractivity contribution in [2.24, 2.45) is 5.73 Å². The molecule has 0 aliphatic heterocycles. The van der Waals surface area contributed by atoms with Crippen molar-refractivity contribution in [3.05, 3.63) is 35.9 Å². The Morgan fingerprint density at radius 2 is 2.21 bits per heavy atom. The van der Waals surface area contributed by atoms with E-state index in [0.717, 1.165) is 16.5 Å². The number of para-hydroxylation sites is 1. The van der Waals surface area contributed by atoms with E-state index in [0.29, 0.717) is 17.4 Å². The van der Waals surface area contributed by atoms with Gasteiger partial charge in [-0.15, -0.1) is 0 Å². The Kier molecular flexibility index (Phi) is 4.29. The molecule has 0 saturated heterocycles. The molecule has 1 heterocycles. The SMILES string of the molecule is COCC(C)Nc1nc2ccccc2cc1C(N)=S. The second-order valence-corrected chi connectivity index (χ2v) is 4.88. The number of fused-ring (bicyclic) bond motifs is 1. The standard InChI is InChI=1S/C14H17N3OS/c1-9(8-18-2)16-14-11(13(15)19)7-10-5-3-4-6-12(10)17-14/h3-7,9H,8H2,1-2H3,(H2,15,19)(H,16,17). The molecule has 1 unspecified atom stereocenters. The number of benzene rings is 1. The van der Waals surface area contributed by atoms with Gasteiger partial charge in [0.05, 0.1) is 17.7 Å². The zero-order chi connectivity index (χ0) is 13.8. The summed E-state index contributed by atoms with van der Waals surface area (Å²) >= 11 is 5.10. The molecule has 19 heavy (non-hydrogen) atoms. The van der Waals surface area contributed by atoms with Crippen LogP contribution in [0.25, 0.3) is 10.9 Å². The van der Waals surface area contributed by atoms with Crippen LogP contribution in [0.5, 0.6) is 0 Å². The van der Waals surface area contributed by atoms with Crippen LogP contribution in [0.1, 0.15) is 12.5 Å². The summed E-state index contributed by atoms with van der Waals surface area (Å²) in [7, 11) is 1.67. The van der Waals surface area contributed by atoms with Gasteiger partial charge < -0.3 is 15.8 Å². The van der Waals surface area contributed by atoms with Crippen molar-refractivity contribution in [2.75, 3.05) is 19.0 Å². The number of aromatic nitrogens is 1. The molecule has 3 N–H and O–H groups in total. The number of hydrogen-bond donors (Lipinski definition) is 2. The third-order valence-corrected chi connectivity index (χ3v) is 3.01. The molecule has 0 radical (unpaired) electrons. The third kappa shape index (κ3) is 3.19. The highest BCUT2D eigenvalue weighted by atomic mass is 32.1. The Labute approximate surface area is 118 Å². The van der Waals surface area contributed by atoms with Crippen molar-refractivity contribution in [3.63, 3.8) is 0 Å². The molecule has 1 aromatic carbocycles. The molecule has 0 saturated carbocycles. The predicted octanol–water partition coefficient (Wildman–Crippen LogP) is 2.32. The van der Waals surface area contributed by atoms with E-state index in [1.54, 1.807) is 7.11 Å². The lowest BCUT2D eigenvalue weighted by Gasteiger charge is -2.16. The monoisotopic (exact) mass is 275 g/mol. The van der Waals surface area contributed by atoms with Gasteiger partial charge in [-0.05, 0) is 19.1 Å². The molecule has 1 aromatic heterocycles. The molecule has 0 aliphatic carbocycles. The molecule has 0 bridgehead atoms. The number of ether oxygens (including phenoxy) is 1. The Morgan fingerprint density at radius 3 is 2.89 bits per heavy atom. The van der Waals surface area contributed by atoms with E-state index in [2.05, 4.69) is 10.3 Å². The number of anilines is 1. The normalized spacial score (nSPS) is 12.3. The molecule has 4 nitrogen and oxygen atoms in total. The van der Waals surface area contributed by atoms with Crippen molar-refractivity contribution in [2.45, 2.75) is 13.0 Å². The summed E-state index contributed by atoms with van der Waals surface area (Å²) in [4.78, 5) is 4.92. The van der Waals surface area contributed by atoms with Gasteiger partial charge in [-0.2, -0.15) is 0 Å². The molecule has 0 spiro atoms. The minimum Gasteiger partial charge on any atom is -0.389 e. The van der Waals surface area contributed by atoms with Crippen LogP contribution in [-0.4, -0.2) is 29.7 Å². The second kappa shape index (κ2) is 5.95. The van der Waals surface area contributed by atoms with E-state index in [-0.39, 0.29) is 6.04 Å². The molecular weight excluding hydrogens is 258 g/mol. The summed E-state index contributed by atoms with van der Waals surface area (Å²) in [6, 6.07) is 9.97. The van der Waals surface area contributed by atoms with Crippen molar-refractivity contribution in [1.82, 2.24) is 4.98 Å². The van der Waals surface area contributed by atoms with Crippen molar-refractivity contribution in [3.8, 4) is 0 Å². The lowest BCUT2D eigenvalue weighted by atomic mass is 10.1. The average Bonchev–Trinajstić information content (AvgIpc) is 2.38. The summed E-state index contributed by atoms with van der Waals surface area (Å²) in [6.45, 7) is 2.61. The van der Waals surface area contributed by atoms with E-state index < -0.39 is 0 Å². The number of nitrogens with zero attached hydrogens (tertiary/aromatic N) is 1. The van der Waals surface area contributed by atoms with Gasteiger partial charge in [0.1, 0.15) is 10.8 Å². The predicted molar refractivity (Wildman–Crippen MR) is 82.6 cm³/mol. The fraction of sp³-hybridized carbons (Fsp3) is 0.286. The topological polar surface area (TPSA) is 60.2 Å². The first-order valence-corrected chi connectivity index (χ1v) is 6.47. The van der Waals surface area contributed by atoms with Gasteiger partial charge in [-0.1, -0.05) is 30.4 Å². The van der Waals surface area contributed by atoms with Crippen molar-refractivity contribution < 1.29 is 4.74 Å². The van der Waals surface area contributed by atoms with Crippen molar-refractivity contribution >= 4 is 33.9 Å². The van der Waals surface area contributed by atoms with Crippen molar-refractivity contribution in [1.29, 1.82) is 0 Å². The van der Waals surface area contributed by atoms with Gasteiger partial charge in [-0.3, -0.25) is 0 Å². The number of nitrogens with one attached hydrogen (secondary N) is 1. The molecule has 100 valence electrons. The van der Waals surface area contributed by atoms with Gasteiger partial charge in [-0.25, -0.2) is 4.98 Å². The number of pyridine rings is 1. The van der Waals surface area contributed by atoms with Crippen LogP contribution in [0.2, 0.25) is 0 Å². The van der Waals surface area contributed by atoms with Crippen LogP contribution in [-0.2, 0) is 4.74 Å². The summed E-state index contributed by atoms with van der Waals surface area (Å²) in [5.74, 6) is 0.704. The summed E-state index contributed by atoms with van der Waals surface area (Å²) in [5.41, 5.74) is 7.45. The zero-order valence-electron chi connectivity index (χ0n) is 11.0. The highest BCUT2D eigenvalue weighted by Crippen LogP contribution is 2.21. The van der Waals surface area contributed by atoms with E-state index >= 15 is 0 Å². The quantitative estimate of drug-likeness (QED) is 0.820. The van der Waals surface area contributed by atoms with E-state index in [4.69, 9.17) is 22.7 Å². The van der Waals surface area contributed by atoms with Crippen LogP contribution in [0.3, 0.4) is 0 Å². The molecule has 0 amide bonds. The molecule has 2 aromatic rings. The average molecular weight is 275 g/mol. The largest absolute Gasteiger partial charge is 0.389 e. The van der Waals surface area contributed by atoms with Crippen LogP contribution in [0.4, 0.5) is 5.82 Å². The molecule has 0 aliphatic rings. The Bertz CT molecular complexity index is 600. The maximum atomic E-state index is 5.78. The highest BCUT2D eigenvalue weighted by molar-refractivity contribution is 7.80. The van der Waals surface area contributed by atoms with Gasteiger partial charge in [0.15, 0.2) is 0 Å². The summed E-state index contributed by atoms with van der Waals surface area (Å²) in [6.07, 6.45) is 0. The number of hydrogen-bond acceptors (Lipinski definition) is 4. The number of methoxy groups -OCH3 is 1. The summed E-state index contributed by atoms with van der Waals surface area (Å²) in [5, 5.41) is 4.30. The lowest BCUT2D eigenvalue weighted by molar-refractivity contribution is 0.190. The zero-order valence-corrected chi connectivity index (χ0v) is 11.8. The van der Waals surface area contributed by atoms with E-state index in [9.17, 15) is 0 Å². The van der Waals surface area contributed by atoms with Crippen LogP contribution in [0.15, 0.2) is 30.3 Å². The van der Waals surface area contributed by atoms with Gasteiger partial charge >= 0.3 is 0 Å². The number of thiocarbonyl (C=S) groups is 1. The molecule has 5 heteroatoms. The second-order valence-electron chi connectivity index (χ2n) is 4.44. The lowest BCUT2D eigenvalue weighted by Crippen LogP contribution is -2.24. The van der Waals surface area contributed by atoms with Gasteiger partial charge in [0.25, 0.3) is 0 Å². The third-order valence-electron chi connectivity index (χ3n) is 2.79. The van der Waals surface area contributed by atoms with Gasteiger partial charge in [0.2, 0.25) is 0 Å². The van der Waals surface area contributed by atoms with E-state index in [1.165, 1.54) is 0 Å². The fourth-order valence-electron chi connectivity index (χ4n) is 1.94. The first-order valence-electron chi connectivity index (χ1n) is 6.07. The first-order chi connectivity index (χ1) is 9.11. The fourth-order valence-corrected chi connectivity index (χ4v) is 2.09. The van der Waals surface area contributed by atoms with Crippen LogP contribution < -0.4 is 11.1 Å². The van der Waals surface area contributed by atoms with Gasteiger partial charge in [0, 0.05) is 18.5 Å². The molecule has 2 rings (SSSR count). The summed E-state index contributed by atoms with van der Waals surface area (Å²) < 4.78 is 5.11. The highest BCUT2D eigenvalue weighted by Gasteiger charge is 2.11. The first kappa shape index (κ1) is 13.7. The van der Waals surface area contributed by atoms with E-state index in [1.807, 2.05) is 37.3 Å².